The van der Waals surface area contributed by atoms with Crippen molar-refractivity contribution in [2.75, 3.05) is 0 Å². The smallest absolute Gasteiger partial charge is 0.294 e. The first-order valence-corrected chi connectivity index (χ1v) is 5.13. The van der Waals surface area contributed by atoms with Gasteiger partial charge in [-0.05, 0) is 19.1 Å². The topological polar surface area (TPSA) is 17.1 Å². The monoisotopic (exact) mass is 316 g/mol. The fourth-order valence-corrected chi connectivity index (χ4v) is 1.86. The highest BCUT2D eigenvalue weighted by Crippen LogP contribution is 2.38. The molecule has 17 heavy (non-hydrogen) atoms. The Kier molecular flexibility index (Phi) is 3.91. The molecule has 0 N–H and O–H groups in total. The molecule has 0 aliphatic carbocycles. The van der Waals surface area contributed by atoms with Crippen molar-refractivity contribution in [1.82, 2.24) is 0 Å². The first-order chi connectivity index (χ1) is 7.64. The van der Waals surface area contributed by atoms with Gasteiger partial charge in [0.1, 0.15) is 0 Å². The number of hydrogen-bond acceptors (Lipinski definition) is 1. The van der Waals surface area contributed by atoms with Gasteiger partial charge in [0.25, 0.3) is 6.43 Å². The molecular weight excluding hydrogens is 311 g/mol. The van der Waals surface area contributed by atoms with Crippen LogP contribution in [-0.2, 0) is 6.18 Å². The molecule has 0 amide bonds. The molecule has 1 rings (SSSR count). The lowest BCUT2D eigenvalue weighted by molar-refractivity contribution is -0.138. The summed E-state index contributed by atoms with van der Waals surface area (Å²) in [5.74, 6) is -0.713. The zero-order chi connectivity index (χ0) is 13.4. The normalized spacial score (nSPS) is 12.0. The average Bonchev–Trinajstić information content (AvgIpc) is 2.14. The van der Waals surface area contributed by atoms with E-state index in [9.17, 15) is 26.7 Å². The third kappa shape index (κ3) is 3.02. The molecule has 0 saturated heterocycles. The molecule has 1 aromatic rings. The van der Waals surface area contributed by atoms with Crippen molar-refractivity contribution in [3.8, 4) is 0 Å². The highest BCUT2D eigenvalue weighted by molar-refractivity contribution is 9.10. The first kappa shape index (κ1) is 14.1. The van der Waals surface area contributed by atoms with Crippen LogP contribution >= 0.6 is 15.9 Å². The SMILES string of the molecule is CC(=O)c1cc(Br)c(C(F)(F)F)cc1C(F)F. The van der Waals surface area contributed by atoms with Crippen molar-refractivity contribution in [1.29, 1.82) is 0 Å². The number of alkyl halides is 5. The Balaban J connectivity index is 3.51. The van der Waals surface area contributed by atoms with Crippen LogP contribution in [-0.4, -0.2) is 5.78 Å². The van der Waals surface area contributed by atoms with Crippen LogP contribution in [0.4, 0.5) is 22.0 Å². The Bertz CT molecular complexity index is 453. The van der Waals surface area contributed by atoms with Crippen LogP contribution in [0, 0.1) is 0 Å². The molecule has 0 unspecified atom stereocenters. The summed E-state index contributed by atoms with van der Waals surface area (Å²) < 4.78 is 62.1. The van der Waals surface area contributed by atoms with Gasteiger partial charge < -0.3 is 0 Å². The van der Waals surface area contributed by atoms with Crippen LogP contribution in [0.5, 0.6) is 0 Å². The Morgan fingerprint density at radius 3 is 2.18 bits per heavy atom. The van der Waals surface area contributed by atoms with Crippen molar-refractivity contribution >= 4 is 21.7 Å². The number of rotatable bonds is 2. The van der Waals surface area contributed by atoms with Crippen molar-refractivity contribution in [2.24, 2.45) is 0 Å². The lowest BCUT2D eigenvalue weighted by atomic mass is 10.0. The fourth-order valence-electron chi connectivity index (χ4n) is 1.29. The molecule has 0 fully saturated rings. The molecule has 0 aliphatic rings. The van der Waals surface area contributed by atoms with Gasteiger partial charge in [-0.3, -0.25) is 4.79 Å². The molecule has 0 spiro atoms. The summed E-state index contributed by atoms with van der Waals surface area (Å²) in [4.78, 5) is 11.0. The van der Waals surface area contributed by atoms with Gasteiger partial charge in [-0.2, -0.15) is 13.2 Å². The molecule has 0 aliphatic heterocycles. The summed E-state index contributed by atoms with van der Waals surface area (Å²) in [6, 6.07) is 1.07. The Morgan fingerprint density at radius 1 is 1.29 bits per heavy atom. The number of halogens is 6. The van der Waals surface area contributed by atoms with Crippen LogP contribution < -0.4 is 0 Å². The minimum absolute atomic E-state index is 0.297. The van der Waals surface area contributed by atoms with E-state index in [1.807, 2.05) is 0 Å². The second-order valence-corrected chi connectivity index (χ2v) is 4.13. The molecule has 0 aromatic heterocycles. The van der Waals surface area contributed by atoms with E-state index in [2.05, 4.69) is 15.9 Å². The second-order valence-electron chi connectivity index (χ2n) is 3.27. The van der Waals surface area contributed by atoms with Gasteiger partial charge in [-0.15, -0.1) is 0 Å². The third-order valence-corrected chi connectivity index (χ3v) is 2.72. The van der Waals surface area contributed by atoms with Crippen LogP contribution in [0.3, 0.4) is 0 Å². The summed E-state index contributed by atoms with van der Waals surface area (Å²) in [6.45, 7) is 1.01. The summed E-state index contributed by atoms with van der Waals surface area (Å²) in [5.41, 5.74) is -2.55. The van der Waals surface area contributed by atoms with E-state index in [1.54, 1.807) is 0 Å². The fraction of sp³-hybridized carbons (Fsp3) is 0.300. The largest absolute Gasteiger partial charge is 0.417 e. The summed E-state index contributed by atoms with van der Waals surface area (Å²) >= 11 is 2.62. The minimum atomic E-state index is -4.75. The van der Waals surface area contributed by atoms with Crippen molar-refractivity contribution in [2.45, 2.75) is 19.5 Å². The maximum Gasteiger partial charge on any atom is 0.417 e. The van der Waals surface area contributed by atoms with Gasteiger partial charge in [-0.25, -0.2) is 8.78 Å². The maximum atomic E-state index is 12.6. The second kappa shape index (κ2) is 4.72. The highest BCUT2D eigenvalue weighted by Gasteiger charge is 2.35. The van der Waals surface area contributed by atoms with Crippen molar-refractivity contribution in [3.63, 3.8) is 0 Å². The van der Waals surface area contributed by atoms with E-state index in [0.717, 1.165) is 13.0 Å². The zero-order valence-corrected chi connectivity index (χ0v) is 9.99. The van der Waals surface area contributed by atoms with Crippen LogP contribution in [0.25, 0.3) is 0 Å². The van der Waals surface area contributed by atoms with E-state index >= 15 is 0 Å². The molecule has 94 valence electrons. The van der Waals surface area contributed by atoms with E-state index in [4.69, 9.17) is 0 Å². The van der Waals surface area contributed by atoms with Gasteiger partial charge >= 0.3 is 6.18 Å². The third-order valence-electron chi connectivity index (χ3n) is 2.06. The molecular formula is C10H6BrF5O. The molecule has 0 heterocycles. The Labute approximate surface area is 102 Å². The lowest BCUT2D eigenvalue weighted by Gasteiger charge is -2.13. The summed E-state index contributed by atoms with van der Waals surface area (Å²) in [6.07, 6.45) is -7.89. The first-order valence-electron chi connectivity index (χ1n) is 4.34. The Morgan fingerprint density at radius 2 is 1.82 bits per heavy atom. The minimum Gasteiger partial charge on any atom is -0.294 e. The molecule has 0 radical (unpaired) electrons. The number of carbonyl (C=O) groups excluding carboxylic acids is 1. The number of hydrogen-bond donors (Lipinski definition) is 0. The predicted molar refractivity (Wildman–Crippen MR) is 54.1 cm³/mol. The van der Waals surface area contributed by atoms with E-state index in [0.29, 0.717) is 6.07 Å². The van der Waals surface area contributed by atoms with E-state index < -0.39 is 39.5 Å². The summed E-state index contributed by atoms with van der Waals surface area (Å²) in [7, 11) is 0. The van der Waals surface area contributed by atoms with E-state index in [1.165, 1.54) is 0 Å². The van der Waals surface area contributed by atoms with Gasteiger partial charge in [-0.1, -0.05) is 15.9 Å². The molecule has 0 bridgehead atoms. The van der Waals surface area contributed by atoms with E-state index in [-0.39, 0.29) is 0 Å². The van der Waals surface area contributed by atoms with Gasteiger partial charge in [0.05, 0.1) is 5.56 Å². The molecule has 0 atom stereocenters. The zero-order valence-electron chi connectivity index (χ0n) is 8.41. The predicted octanol–water partition coefficient (Wildman–Crippen LogP) is 4.61. The number of carbonyl (C=O) groups is 1. The van der Waals surface area contributed by atoms with Gasteiger partial charge in [0.2, 0.25) is 0 Å². The number of benzene rings is 1. The quantitative estimate of drug-likeness (QED) is 0.575. The number of ketones is 1. The van der Waals surface area contributed by atoms with Crippen LogP contribution in [0.1, 0.15) is 34.8 Å². The van der Waals surface area contributed by atoms with Gasteiger partial charge in [0.15, 0.2) is 5.78 Å². The van der Waals surface area contributed by atoms with Crippen molar-refractivity contribution in [3.05, 3.63) is 33.3 Å². The van der Waals surface area contributed by atoms with Crippen molar-refractivity contribution < 1.29 is 26.7 Å². The maximum absolute atomic E-state index is 12.6. The molecule has 1 nitrogen and oxygen atoms in total. The average molecular weight is 317 g/mol. The standard InChI is InChI=1S/C10H6BrF5O/c1-4(17)5-3-8(11)7(10(14,15)16)2-6(5)9(12)13/h2-3,9H,1H3. The highest BCUT2D eigenvalue weighted by atomic mass is 79.9. The van der Waals surface area contributed by atoms with Crippen LogP contribution in [0.2, 0.25) is 0 Å². The summed E-state index contributed by atoms with van der Waals surface area (Å²) in [5, 5.41) is 0. The van der Waals surface area contributed by atoms with Crippen LogP contribution in [0.15, 0.2) is 16.6 Å². The lowest BCUT2D eigenvalue weighted by Crippen LogP contribution is -2.10. The molecule has 7 heteroatoms. The Hall–Kier alpha value is -0.980. The molecule has 1 aromatic carbocycles. The van der Waals surface area contributed by atoms with Gasteiger partial charge in [0, 0.05) is 15.6 Å². The molecule has 0 saturated carbocycles. The number of Topliss-reactive ketones (excluding diaryl/α,β-unsaturated/α-hetero) is 1.